The molecule has 2 N–H and O–H groups in total. The molecule has 1 unspecified atom stereocenters. The molecule has 3 nitrogen and oxygen atoms in total. The van der Waals surface area contributed by atoms with Gasteiger partial charge < -0.3 is 15.2 Å². The second kappa shape index (κ2) is 4.81. The van der Waals surface area contributed by atoms with Crippen LogP contribution in [0.1, 0.15) is 32.1 Å². The first-order chi connectivity index (χ1) is 7.29. The van der Waals surface area contributed by atoms with Gasteiger partial charge in [0.2, 0.25) is 0 Å². The zero-order valence-electron chi connectivity index (χ0n) is 9.67. The fraction of sp³-hybridized carbons (Fsp3) is 1.00. The molecular formula is C12H23NO2. The predicted octanol–water partition coefficient (Wildman–Crippen LogP) is 1.16. The third-order valence-corrected chi connectivity index (χ3v) is 3.88. The molecule has 3 heteroatoms. The van der Waals surface area contributed by atoms with Gasteiger partial charge in [-0.1, -0.05) is 0 Å². The molecule has 2 aliphatic carbocycles. The summed E-state index contributed by atoms with van der Waals surface area (Å²) in [6, 6.07) is 0.547. The van der Waals surface area contributed by atoms with E-state index >= 15 is 0 Å². The molecular weight excluding hydrogens is 190 g/mol. The van der Waals surface area contributed by atoms with Crippen LogP contribution >= 0.6 is 0 Å². The van der Waals surface area contributed by atoms with Crippen molar-refractivity contribution < 1.29 is 9.84 Å². The van der Waals surface area contributed by atoms with E-state index < -0.39 is 0 Å². The highest BCUT2D eigenvalue weighted by Crippen LogP contribution is 2.48. The van der Waals surface area contributed by atoms with E-state index in [0.29, 0.717) is 18.1 Å². The maximum atomic E-state index is 8.98. The van der Waals surface area contributed by atoms with Gasteiger partial charge in [-0.15, -0.1) is 0 Å². The van der Waals surface area contributed by atoms with E-state index in [4.69, 9.17) is 9.84 Å². The van der Waals surface area contributed by atoms with E-state index in [1.807, 2.05) is 0 Å². The Morgan fingerprint density at radius 3 is 2.67 bits per heavy atom. The van der Waals surface area contributed by atoms with Gasteiger partial charge >= 0.3 is 0 Å². The number of nitrogens with one attached hydrogen (secondary N) is 1. The Morgan fingerprint density at radius 1 is 1.47 bits per heavy atom. The molecule has 2 fully saturated rings. The summed E-state index contributed by atoms with van der Waals surface area (Å²) in [7, 11) is 1.78. The van der Waals surface area contributed by atoms with Gasteiger partial charge in [0.1, 0.15) is 0 Å². The monoisotopic (exact) mass is 213 g/mol. The summed E-state index contributed by atoms with van der Waals surface area (Å²) in [5, 5.41) is 12.6. The van der Waals surface area contributed by atoms with Gasteiger partial charge in [-0.05, 0) is 43.4 Å². The molecule has 2 aliphatic rings. The molecule has 0 saturated heterocycles. The lowest BCUT2D eigenvalue weighted by molar-refractivity contribution is 0.151. The van der Waals surface area contributed by atoms with Crippen LogP contribution in [0.3, 0.4) is 0 Å². The molecule has 0 heterocycles. The molecule has 0 amide bonds. The van der Waals surface area contributed by atoms with Crippen LogP contribution < -0.4 is 5.32 Å². The highest BCUT2D eigenvalue weighted by molar-refractivity contribution is 4.96. The Kier molecular flexibility index (Phi) is 3.65. The van der Waals surface area contributed by atoms with Crippen LogP contribution in [0.2, 0.25) is 0 Å². The smallest absolute Gasteiger partial charge is 0.0618 e. The van der Waals surface area contributed by atoms with Crippen molar-refractivity contribution in [1.82, 2.24) is 5.32 Å². The van der Waals surface area contributed by atoms with Crippen molar-refractivity contribution in [2.45, 2.75) is 38.1 Å². The van der Waals surface area contributed by atoms with Crippen molar-refractivity contribution >= 4 is 0 Å². The van der Waals surface area contributed by atoms with Crippen molar-refractivity contribution in [2.75, 3.05) is 26.9 Å². The van der Waals surface area contributed by atoms with Crippen molar-refractivity contribution in [3.05, 3.63) is 0 Å². The first kappa shape index (κ1) is 11.4. The first-order valence-electron chi connectivity index (χ1n) is 6.13. The third-order valence-electron chi connectivity index (χ3n) is 3.88. The van der Waals surface area contributed by atoms with Crippen LogP contribution in [0.4, 0.5) is 0 Å². The highest BCUT2D eigenvalue weighted by Gasteiger charge is 2.42. The summed E-state index contributed by atoms with van der Waals surface area (Å²) in [5.41, 5.74) is 0.426. The molecule has 0 spiro atoms. The molecule has 15 heavy (non-hydrogen) atoms. The Morgan fingerprint density at radius 2 is 2.20 bits per heavy atom. The topological polar surface area (TPSA) is 41.5 Å². The number of methoxy groups -OCH3 is 1. The zero-order valence-corrected chi connectivity index (χ0v) is 9.67. The third kappa shape index (κ3) is 3.16. The van der Waals surface area contributed by atoms with Crippen LogP contribution in [0.15, 0.2) is 0 Å². The maximum absolute atomic E-state index is 8.98. The normalized spacial score (nSPS) is 25.2. The number of hydrogen-bond donors (Lipinski definition) is 2. The van der Waals surface area contributed by atoms with Crippen LogP contribution in [0.5, 0.6) is 0 Å². The van der Waals surface area contributed by atoms with E-state index in [1.165, 1.54) is 25.7 Å². The summed E-state index contributed by atoms with van der Waals surface area (Å²) >= 11 is 0. The molecule has 88 valence electrons. The van der Waals surface area contributed by atoms with Crippen LogP contribution in [-0.2, 0) is 4.74 Å². The van der Waals surface area contributed by atoms with Crippen LogP contribution in [0.25, 0.3) is 0 Å². The summed E-state index contributed by atoms with van der Waals surface area (Å²) in [6.07, 6.45) is 6.24. The van der Waals surface area contributed by atoms with Gasteiger partial charge in [0.05, 0.1) is 6.61 Å². The van der Waals surface area contributed by atoms with Crippen molar-refractivity contribution in [2.24, 2.45) is 11.3 Å². The molecule has 0 aliphatic heterocycles. The number of hydrogen-bond acceptors (Lipinski definition) is 3. The molecule has 0 radical (unpaired) electrons. The van der Waals surface area contributed by atoms with E-state index in [9.17, 15) is 0 Å². The quantitative estimate of drug-likeness (QED) is 0.636. The molecule has 0 aromatic carbocycles. The predicted molar refractivity (Wildman–Crippen MR) is 59.8 cm³/mol. The Labute approximate surface area is 92.2 Å². The van der Waals surface area contributed by atoms with E-state index in [2.05, 4.69) is 5.32 Å². The number of rotatable bonds is 8. The minimum absolute atomic E-state index is 0.333. The highest BCUT2D eigenvalue weighted by atomic mass is 16.5. The standard InChI is InChI=1S/C12H23NO2/c1-15-8-11(10-2-3-10)13-9-12(4-5-12)6-7-14/h10-11,13-14H,2-9H2,1H3. The summed E-state index contributed by atoms with van der Waals surface area (Å²) in [6.45, 7) is 2.23. The lowest BCUT2D eigenvalue weighted by Crippen LogP contribution is -2.39. The molecule has 0 aromatic heterocycles. The Bertz CT molecular complexity index is 200. The second-order valence-corrected chi connectivity index (χ2v) is 5.25. The molecule has 2 rings (SSSR count). The Hall–Kier alpha value is -0.120. The lowest BCUT2D eigenvalue weighted by Gasteiger charge is -2.21. The van der Waals surface area contributed by atoms with Gasteiger partial charge in [0, 0.05) is 26.3 Å². The number of ether oxygens (including phenoxy) is 1. The average Bonchev–Trinajstić information content (AvgIpc) is 3.08. The average molecular weight is 213 g/mol. The van der Waals surface area contributed by atoms with Gasteiger partial charge in [-0.3, -0.25) is 0 Å². The summed E-state index contributed by atoms with van der Waals surface area (Å²) in [4.78, 5) is 0. The number of aliphatic hydroxyl groups excluding tert-OH is 1. The maximum Gasteiger partial charge on any atom is 0.0618 e. The fourth-order valence-electron chi connectivity index (χ4n) is 2.32. The van der Waals surface area contributed by atoms with Crippen molar-refractivity contribution in [3.63, 3.8) is 0 Å². The van der Waals surface area contributed by atoms with Gasteiger partial charge in [0.25, 0.3) is 0 Å². The van der Waals surface area contributed by atoms with E-state index in [1.54, 1.807) is 7.11 Å². The van der Waals surface area contributed by atoms with E-state index in [0.717, 1.165) is 25.5 Å². The molecule has 0 bridgehead atoms. The van der Waals surface area contributed by atoms with Crippen LogP contribution in [-0.4, -0.2) is 38.0 Å². The fourth-order valence-corrected chi connectivity index (χ4v) is 2.32. The minimum Gasteiger partial charge on any atom is -0.396 e. The zero-order chi connectivity index (χ0) is 10.7. The molecule has 0 aromatic rings. The first-order valence-corrected chi connectivity index (χ1v) is 6.13. The second-order valence-electron chi connectivity index (χ2n) is 5.25. The lowest BCUT2D eigenvalue weighted by atomic mass is 10.0. The minimum atomic E-state index is 0.333. The SMILES string of the molecule is COCC(NCC1(CCO)CC1)C1CC1. The van der Waals surface area contributed by atoms with Crippen molar-refractivity contribution in [1.29, 1.82) is 0 Å². The van der Waals surface area contributed by atoms with Gasteiger partial charge in [0.15, 0.2) is 0 Å². The number of aliphatic hydroxyl groups is 1. The molecule has 2 saturated carbocycles. The van der Waals surface area contributed by atoms with Crippen LogP contribution in [0, 0.1) is 11.3 Å². The van der Waals surface area contributed by atoms with Crippen molar-refractivity contribution in [3.8, 4) is 0 Å². The van der Waals surface area contributed by atoms with Gasteiger partial charge in [-0.2, -0.15) is 0 Å². The van der Waals surface area contributed by atoms with E-state index in [-0.39, 0.29) is 0 Å². The summed E-state index contributed by atoms with van der Waals surface area (Å²) in [5.74, 6) is 0.842. The molecule has 1 atom stereocenters. The van der Waals surface area contributed by atoms with Gasteiger partial charge in [-0.25, -0.2) is 0 Å². The Balaban J connectivity index is 1.70. The summed E-state index contributed by atoms with van der Waals surface area (Å²) < 4.78 is 5.24. The largest absolute Gasteiger partial charge is 0.396 e.